The van der Waals surface area contributed by atoms with Crippen molar-refractivity contribution in [2.75, 3.05) is 6.54 Å². The molecule has 0 aliphatic heterocycles. The summed E-state index contributed by atoms with van der Waals surface area (Å²) in [6.45, 7) is 6.41. The number of hydrogen-bond donors (Lipinski definition) is 2. The minimum absolute atomic E-state index is 0.237. The highest BCUT2D eigenvalue weighted by Crippen LogP contribution is 2.21. The minimum Gasteiger partial charge on any atom is -0.358 e. The molecule has 0 aromatic heterocycles. The Bertz CT molecular complexity index is 1550. The van der Waals surface area contributed by atoms with E-state index in [0.717, 1.165) is 28.7 Å². The van der Waals surface area contributed by atoms with Gasteiger partial charge < -0.3 is 10.6 Å². The van der Waals surface area contributed by atoms with Crippen molar-refractivity contribution >= 4 is 24.4 Å². The van der Waals surface area contributed by atoms with Crippen molar-refractivity contribution in [2.45, 2.75) is 32.2 Å². The Labute approximate surface area is 247 Å². The number of ketones is 2. The molecule has 0 saturated carbocycles. The number of carbonyl (C=O) groups excluding carboxylic acids is 4. The Morgan fingerprint density at radius 3 is 1.86 bits per heavy atom. The lowest BCUT2D eigenvalue weighted by molar-refractivity contribution is -0.111. The highest BCUT2D eigenvalue weighted by Gasteiger charge is 2.21. The van der Waals surface area contributed by atoms with E-state index in [9.17, 15) is 19.2 Å². The highest BCUT2D eigenvalue weighted by molar-refractivity contribution is 6.49. The van der Waals surface area contributed by atoms with Crippen LogP contribution in [0, 0.1) is 11.8 Å². The summed E-state index contributed by atoms with van der Waals surface area (Å²) in [5, 5.41) is 5.42. The van der Waals surface area contributed by atoms with Gasteiger partial charge in [-0.05, 0) is 49.1 Å². The zero-order valence-electron chi connectivity index (χ0n) is 24.0. The second kappa shape index (κ2) is 15.5. The van der Waals surface area contributed by atoms with Crippen LogP contribution in [0.3, 0.4) is 0 Å². The van der Waals surface area contributed by atoms with Crippen LogP contribution in [0.15, 0.2) is 109 Å². The summed E-state index contributed by atoms with van der Waals surface area (Å²) in [6.07, 6.45) is 1.37. The lowest BCUT2D eigenvalue weighted by Crippen LogP contribution is -2.35. The fourth-order valence-electron chi connectivity index (χ4n) is 4.16. The molecule has 2 N–H and O–H groups in total. The maximum Gasteiger partial charge on any atom is 0.233 e. The molecule has 1 atom stereocenters. The number of Topliss-reactive ketones (excluding diaryl/α,β-unsaturated/α-hetero) is 2. The van der Waals surface area contributed by atoms with Crippen molar-refractivity contribution < 1.29 is 19.2 Å². The second-order valence-corrected chi connectivity index (χ2v) is 10.1. The zero-order valence-corrected chi connectivity index (χ0v) is 24.0. The van der Waals surface area contributed by atoms with Crippen molar-refractivity contribution in [3.63, 3.8) is 0 Å². The van der Waals surface area contributed by atoms with Crippen LogP contribution in [0.25, 0.3) is 0 Å². The third-order valence-electron chi connectivity index (χ3n) is 6.65. The lowest BCUT2D eigenvalue weighted by atomic mass is 9.92. The molecular weight excluding hydrogens is 524 g/mol. The third-order valence-corrected chi connectivity index (χ3v) is 6.65. The van der Waals surface area contributed by atoms with E-state index in [2.05, 4.69) is 35.5 Å². The predicted molar refractivity (Wildman–Crippen MR) is 165 cm³/mol. The molecule has 1 unspecified atom stereocenters. The van der Waals surface area contributed by atoms with Crippen molar-refractivity contribution in [1.82, 2.24) is 10.6 Å². The first-order valence-electron chi connectivity index (χ1n) is 13.6. The summed E-state index contributed by atoms with van der Waals surface area (Å²) >= 11 is 0. The van der Waals surface area contributed by atoms with E-state index in [-0.39, 0.29) is 5.92 Å². The maximum atomic E-state index is 12.2. The summed E-state index contributed by atoms with van der Waals surface area (Å²) in [5.74, 6) is 5.56. The Hall–Kier alpha value is -5.28. The van der Waals surface area contributed by atoms with Crippen LogP contribution >= 0.6 is 0 Å². The average Bonchev–Trinajstić information content (AvgIpc) is 3.03. The highest BCUT2D eigenvalue weighted by atomic mass is 16.2. The Morgan fingerprint density at radius 2 is 1.26 bits per heavy atom. The molecule has 0 radical (unpaired) electrons. The maximum absolute atomic E-state index is 12.2. The van der Waals surface area contributed by atoms with E-state index in [0.29, 0.717) is 24.1 Å². The van der Waals surface area contributed by atoms with Gasteiger partial charge >= 0.3 is 0 Å². The van der Waals surface area contributed by atoms with Crippen LogP contribution in [0.1, 0.15) is 69.7 Å². The quantitative estimate of drug-likeness (QED) is 0.114. The molecule has 0 heterocycles. The van der Waals surface area contributed by atoms with Gasteiger partial charge in [0.25, 0.3) is 0 Å². The Balaban J connectivity index is 0.000000231. The van der Waals surface area contributed by atoms with E-state index in [1.165, 1.54) is 0 Å². The minimum atomic E-state index is -0.543. The van der Waals surface area contributed by atoms with Gasteiger partial charge in [0.1, 0.15) is 0 Å². The Kier molecular flexibility index (Phi) is 11.5. The largest absolute Gasteiger partial charge is 0.358 e. The normalized spacial score (nSPS) is 10.9. The van der Waals surface area contributed by atoms with Crippen molar-refractivity contribution in [3.05, 3.63) is 143 Å². The fraction of sp³-hybridized carbons (Fsp3) is 0.167. The number of carbonyl (C=O) groups is 4. The van der Waals surface area contributed by atoms with Gasteiger partial charge in [0, 0.05) is 28.8 Å². The van der Waals surface area contributed by atoms with Crippen molar-refractivity contribution in [3.8, 4) is 11.8 Å². The zero-order chi connectivity index (χ0) is 30.4. The molecule has 6 nitrogen and oxygen atoms in total. The SMILES string of the molecule is CC(C)(NC=O)c1ccc(C(=O)C(=O)c2ccccc2)cc1.CC(CNC=O)c1ccccc1C#Cc1ccccc1. The van der Waals surface area contributed by atoms with Gasteiger partial charge in [0.2, 0.25) is 24.4 Å². The summed E-state index contributed by atoms with van der Waals surface area (Å²) in [4.78, 5) is 45.3. The molecule has 6 heteroatoms. The summed E-state index contributed by atoms with van der Waals surface area (Å²) in [7, 11) is 0. The first kappa shape index (κ1) is 31.3. The van der Waals surface area contributed by atoms with Gasteiger partial charge in [-0.1, -0.05) is 110 Å². The molecule has 4 rings (SSSR count). The van der Waals surface area contributed by atoms with Crippen molar-refractivity contribution in [1.29, 1.82) is 0 Å². The molecule has 0 aliphatic rings. The smallest absolute Gasteiger partial charge is 0.233 e. The van der Waals surface area contributed by atoms with E-state index in [1.807, 2.05) is 62.4 Å². The number of amides is 2. The van der Waals surface area contributed by atoms with Crippen LogP contribution in [-0.4, -0.2) is 30.9 Å². The van der Waals surface area contributed by atoms with Crippen LogP contribution < -0.4 is 10.6 Å². The van der Waals surface area contributed by atoms with E-state index >= 15 is 0 Å². The standard InChI is InChI=1S/C18H17NO3.C18H17NO/c1-18(2,19-12-20)15-10-8-14(9-11-15)17(22)16(21)13-6-4-3-5-7-13;1-15(13-19-14-20)18-10-6-5-9-17(18)12-11-16-7-3-2-4-8-16/h3-12H,1-2H3,(H,19,20);2-10,14-15H,13H2,1H3,(H,19,20). The number of benzene rings is 4. The van der Waals surface area contributed by atoms with Gasteiger partial charge in [-0.3, -0.25) is 19.2 Å². The van der Waals surface area contributed by atoms with E-state index < -0.39 is 17.1 Å². The van der Waals surface area contributed by atoms with Crippen LogP contribution in [0.2, 0.25) is 0 Å². The molecule has 212 valence electrons. The molecule has 0 spiro atoms. The number of rotatable bonds is 10. The van der Waals surface area contributed by atoms with Crippen LogP contribution in [0.4, 0.5) is 0 Å². The summed E-state index contributed by atoms with van der Waals surface area (Å²) in [6, 6.07) is 33.1. The average molecular weight is 559 g/mol. The molecular formula is C36H34N2O4. The Morgan fingerprint density at radius 1 is 0.714 bits per heavy atom. The second-order valence-electron chi connectivity index (χ2n) is 10.1. The van der Waals surface area contributed by atoms with Crippen molar-refractivity contribution in [2.24, 2.45) is 0 Å². The van der Waals surface area contributed by atoms with Gasteiger partial charge in [-0.25, -0.2) is 0 Å². The summed E-state index contributed by atoms with van der Waals surface area (Å²) in [5.41, 5.74) is 4.19. The van der Waals surface area contributed by atoms with E-state index in [4.69, 9.17) is 0 Å². The first-order chi connectivity index (χ1) is 20.3. The topological polar surface area (TPSA) is 92.3 Å². The number of hydrogen-bond acceptors (Lipinski definition) is 4. The first-order valence-corrected chi connectivity index (χ1v) is 13.6. The van der Waals surface area contributed by atoms with E-state index in [1.54, 1.807) is 54.6 Å². The van der Waals surface area contributed by atoms with Gasteiger partial charge in [-0.15, -0.1) is 0 Å². The molecule has 0 saturated heterocycles. The molecule has 4 aromatic carbocycles. The summed E-state index contributed by atoms with van der Waals surface area (Å²) < 4.78 is 0. The lowest BCUT2D eigenvalue weighted by Gasteiger charge is -2.24. The van der Waals surface area contributed by atoms with Gasteiger partial charge in [-0.2, -0.15) is 0 Å². The van der Waals surface area contributed by atoms with Gasteiger partial charge in [0.15, 0.2) is 0 Å². The third kappa shape index (κ3) is 8.87. The molecule has 0 fully saturated rings. The van der Waals surface area contributed by atoms with Crippen LogP contribution in [0.5, 0.6) is 0 Å². The van der Waals surface area contributed by atoms with Gasteiger partial charge in [0.05, 0.1) is 5.54 Å². The number of nitrogens with one attached hydrogen (secondary N) is 2. The molecule has 4 aromatic rings. The molecule has 0 bridgehead atoms. The molecule has 42 heavy (non-hydrogen) atoms. The fourth-order valence-corrected chi connectivity index (χ4v) is 4.16. The molecule has 0 aliphatic carbocycles. The van der Waals surface area contributed by atoms with Crippen LogP contribution in [-0.2, 0) is 15.1 Å². The monoisotopic (exact) mass is 558 g/mol. The molecule has 2 amide bonds. The predicted octanol–water partition coefficient (Wildman–Crippen LogP) is 5.67.